The van der Waals surface area contributed by atoms with Gasteiger partial charge in [-0.2, -0.15) is 0 Å². The maximum absolute atomic E-state index is 10.8. The summed E-state index contributed by atoms with van der Waals surface area (Å²) in [5.74, 6) is 0.685. The third-order valence-corrected chi connectivity index (χ3v) is 2.55. The third-order valence-electron chi connectivity index (χ3n) is 2.55. The maximum Gasteiger partial charge on any atom is 0.409 e. The molecule has 92 valence electrons. The highest BCUT2D eigenvalue weighted by molar-refractivity contribution is 5.90. The number of carboxylic acid groups (broad SMARTS) is 1. The van der Waals surface area contributed by atoms with Crippen molar-refractivity contribution in [3.05, 3.63) is 48.5 Å². The van der Waals surface area contributed by atoms with Gasteiger partial charge in [-0.1, -0.05) is 30.3 Å². The topological polar surface area (TPSA) is 58.6 Å². The Morgan fingerprint density at radius 2 is 1.89 bits per heavy atom. The first-order chi connectivity index (χ1) is 8.70. The van der Waals surface area contributed by atoms with Gasteiger partial charge in [-0.05, 0) is 23.8 Å². The van der Waals surface area contributed by atoms with Gasteiger partial charge in [0, 0.05) is 5.56 Å². The van der Waals surface area contributed by atoms with Gasteiger partial charge < -0.3 is 9.84 Å². The molecule has 0 aliphatic heterocycles. The van der Waals surface area contributed by atoms with Gasteiger partial charge in [0.15, 0.2) is 0 Å². The van der Waals surface area contributed by atoms with Gasteiger partial charge in [0.05, 0.1) is 12.8 Å². The molecule has 0 aliphatic carbocycles. The summed E-state index contributed by atoms with van der Waals surface area (Å²) in [4.78, 5) is 10.8. The number of ether oxygens (including phenoxy) is 1. The lowest BCUT2D eigenvalue weighted by Gasteiger charge is -2.11. The SMILES string of the molecule is COc1ccc(NC(=O)O)c(-c2ccccc2)c1. The quantitative estimate of drug-likeness (QED) is 0.868. The van der Waals surface area contributed by atoms with Crippen molar-refractivity contribution in [2.24, 2.45) is 0 Å². The van der Waals surface area contributed by atoms with Crippen LogP contribution in [0, 0.1) is 0 Å². The maximum atomic E-state index is 10.8. The molecule has 2 aromatic rings. The van der Waals surface area contributed by atoms with Crippen LogP contribution in [-0.4, -0.2) is 18.3 Å². The number of hydrogen-bond donors (Lipinski definition) is 2. The highest BCUT2D eigenvalue weighted by atomic mass is 16.5. The van der Waals surface area contributed by atoms with E-state index in [9.17, 15) is 4.79 Å². The minimum absolute atomic E-state index is 0.537. The zero-order valence-corrected chi connectivity index (χ0v) is 9.88. The minimum atomic E-state index is -1.09. The summed E-state index contributed by atoms with van der Waals surface area (Å²) in [6.07, 6.45) is -1.09. The van der Waals surface area contributed by atoms with E-state index in [4.69, 9.17) is 9.84 Å². The molecular formula is C14H13NO3. The predicted octanol–water partition coefficient (Wildman–Crippen LogP) is 3.45. The zero-order valence-electron chi connectivity index (χ0n) is 9.88. The molecule has 0 radical (unpaired) electrons. The first-order valence-corrected chi connectivity index (χ1v) is 5.44. The van der Waals surface area contributed by atoms with E-state index >= 15 is 0 Å². The highest BCUT2D eigenvalue weighted by Gasteiger charge is 2.08. The Labute approximate surface area is 105 Å². The Balaban J connectivity index is 2.51. The number of methoxy groups -OCH3 is 1. The lowest BCUT2D eigenvalue weighted by molar-refractivity contribution is 0.210. The summed E-state index contributed by atoms with van der Waals surface area (Å²) in [5.41, 5.74) is 2.26. The molecule has 2 aromatic carbocycles. The molecule has 0 bridgehead atoms. The molecule has 0 heterocycles. The average Bonchev–Trinajstić information content (AvgIpc) is 2.39. The summed E-state index contributed by atoms with van der Waals surface area (Å²) in [7, 11) is 1.58. The number of hydrogen-bond acceptors (Lipinski definition) is 2. The van der Waals surface area contributed by atoms with Crippen molar-refractivity contribution in [3.8, 4) is 16.9 Å². The van der Waals surface area contributed by atoms with E-state index in [1.165, 1.54) is 0 Å². The van der Waals surface area contributed by atoms with Crippen molar-refractivity contribution in [2.45, 2.75) is 0 Å². The van der Waals surface area contributed by atoms with Crippen LogP contribution < -0.4 is 10.1 Å². The summed E-state index contributed by atoms with van der Waals surface area (Å²) in [5, 5.41) is 11.2. The molecule has 2 rings (SSSR count). The van der Waals surface area contributed by atoms with Crippen molar-refractivity contribution >= 4 is 11.8 Å². The van der Waals surface area contributed by atoms with Crippen molar-refractivity contribution in [2.75, 3.05) is 12.4 Å². The monoisotopic (exact) mass is 243 g/mol. The second-order valence-electron chi connectivity index (χ2n) is 3.71. The molecule has 0 aromatic heterocycles. The molecule has 0 saturated carbocycles. The molecule has 4 heteroatoms. The molecule has 0 spiro atoms. The Kier molecular flexibility index (Phi) is 3.48. The number of amides is 1. The van der Waals surface area contributed by atoms with Gasteiger partial charge >= 0.3 is 6.09 Å². The van der Waals surface area contributed by atoms with E-state index < -0.39 is 6.09 Å². The smallest absolute Gasteiger partial charge is 0.409 e. The number of nitrogens with one attached hydrogen (secondary N) is 1. The fourth-order valence-electron chi connectivity index (χ4n) is 1.73. The number of carbonyl (C=O) groups is 1. The molecule has 1 amide bonds. The fourth-order valence-corrected chi connectivity index (χ4v) is 1.73. The lowest BCUT2D eigenvalue weighted by Crippen LogP contribution is -2.08. The van der Waals surface area contributed by atoms with Crippen LogP contribution in [0.1, 0.15) is 0 Å². The Morgan fingerprint density at radius 1 is 1.17 bits per heavy atom. The predicted molar refractivity (Wildman–Crippen MR) is 70.1 cm³/mol. The number of anilines is 1. The highest BCUT2D eigenvalue weighted by Crippen LogP contribution is 2.31. The van der Waals surface area contributed by atoms with Crippen LogP contribution in [0.2, 0.25) is 0 Å². The first kappa shape index (κ1) is 12.0. The van der Waals surface area contributed by atoms with Gasteiger partial charge in [-0.15, -0.1) is 0 Å². The summed E-state index contributed by atoms with van der Waals surface area (Å²) >= 11 is 0. The zero-order chi connectivity index (χ0) is 13.0. The Morgan fingerprint density at radius 3 is 2.50 bits per heavy atom. The summed E-state index contributed by atoms with van der Waals surface area (Å²) in [6.45, 7) is 0. The van der Waals surface area contributed by atoms with E-state index in [1.54, 1.807) is 25.3 Å². The molecular weight excluding hydrogens is 230 g/mol. The molecule has 0 atom stereocenters. The minimum Gasteiger partial charge on any atom is -0.497 e. The first-order valence-electron chi connectivity index (χ1n) is 5.44. The van der Waals surface area contributed by atoms with Crippen LogP contribution in [0.4, 0.5) is 10.5 Å². The molecule has 4 nitrogen and oxygen atoms in total. The van der Waals surface area contributed by atoms with Crippen LogP contribution >= 0.6 is 0 Å². The van der Waals surface area contributed by atoms with Gasteiger partial charge in [-0.3, -0.25) is 5.32 Å². The van der Waals surface area contributed by atoms with E-state index in [0.29, 0.717) is 11.4 Å². The third kappa shape index (κ3) is 2.60. The largest absolute Gasteiger partial charge is 0.497 e. The average molecular weight is 243 g/mol. The Hall–Kier alpha value is -2.49. The van der Waals surface area contributed by atoms with Crippen molar-refractivity contribution in [1.82, 2.24) is 0 Å². The fraction of sp³-hybridized carbons (Fsp3) is 0.0714. The molecule has 0 fully saturated rings. The van der Waals surface area contributed by atoms with Gasteiger partial charge in [0.25, 0.3) is 0 Å². The van der Waals surface area contributed by atoms with Crippen molar-refractivity contribution in [1.29, 1.82) is 0 Å². The lowest BCUT2D eigenvalue weighted by atomic mass is 10.0. The molecule has 0 unspecified atom stereocenters. The van der Waals surface area contributed by atoms with Crippen LogP contribution in [0.5, 0.6) is 5.75 Å². The van der Waals surface area contributed by atoms with Crippen LogP contribution in [0.25, 0.3) is 11.1 Å². The van der Waals surface area contributed by atoms with Crippen LogP contribution in [0.15, 0.2) is 48.5 Å². The van der Waals surface area contributed by atoms with Crippen LogP contribution in [0.3, 0.4) is 0 Å². The summed E-state index contributed by atoms with van der Waals surface area (Å²) < 4.78 is 5.16. The Bertz CT molecular complexity index is 552. The van der Waals surface area contributed by atoms with E-state index in [0.717, 1.165) is 11.1 Å². The van der Waals surface area contributed by atoms with E-state index in [1.807, 2.05) is 30.3 Å². The molecule has 0 saturated heterocycles. The normalized spacial score (nSPS) is 9.83. The van der Waals surface area contributed by atoms with E-state index in [-0.39, 0.29) is 0 Å². The standard InChI is InChI=1S/C14H13NO3/c1-18-11-7-8-13(15-14(16)17)12(9-11)10-5-3-2-4-6-10/h2-9,15H,1H3,(H,16,17). The number of benzene rings is 2. The second-order valence-corrected chi connectivity index (χ2v) is 3.71. The molecule has 2 N–H and O–H groups in total. The van der Waals surface area contributed by atoms with Gasteiger partial charge in [-0.25, -0.2) is 4.79 Å². The van der Waals surface area contributed by atoms with Crippen LogP contribution in [-0.2, 0) is 0 Å². The molecule has 18 heavy (non-hydrogen) atoms. The van der Waals surface area contributed by atoms with Gasteiger partial charge in [0.2, 0.25) is 0 Å². The number of rotatable bonds is 3. The van der Waals surface area contributed by atoms with E-state index in [2.05, 4.69) is 5.32 Å². The van der Waals surface area contributed by atoms with Gasteiger partial charge in [0.1, 0.15) is 5.75 Å². The van der Waals surface area contributed by atoms with Crippen molar-refractivity contribution < 1.29 is 14.6 Å². The van der Waals surface area contributed by atoms with Crippen molar-refractivity contribution in [3.63, 3.8) is 0 Å². The summed E-state index contributed by atoms with van der Waals surface area (Å²) in [6, 6.07) is 14.8. The molecule has 0 aliphatic rings. The second kappa shape index (κ2) is 5.23.